The number of hydrogen-bond donors (Lipinski definition) is 1. The Kier molecular flexibility index (Phi) is 2.92. The molecule has 0 heterocycles. The Morgan fingerprint density at radius 3 is 2.46 bits per heavy atom. The van der Waals surface area contributed by atoms with Crippen LogP contribution >= 0.6 is 0 Å². The van der Waals surface area contributed by atoms with Gasteiger partial charge in [-0.3, -0.25) is 0 Å². The molecule has 1 heteroatoms. The van der Waals surface area contributed by atoms with Crippen molar-refractivity contribution < 1.29 is 0 Å². The van der Waals surface area contributed by atoms with E-state index in [0.717, 1.165) is 23.8 Å². The number of nitrogens with one attached hydrogen (secondary N) is 1. The van der Waals surface area contributed by atoms with E-state index in [1.165, 1.54) is 38.6 Å². The third-order valence-corrected chi connectivity index (χ3v) is 4.09. The Morgan fingerprint density at radius 2 is 1.92 bits per heavy atom. The predicted octanol–water partition coefficient (Wildman–Crippen LogP) is 2.81. The Morgan fingerprint density at radius 1 is 1.31 bits per heavy atom. The molecule has 3 unspecified atom stereocenters. The van der Waals surface area contributed by atoms with Crippen LogP contribution in [-0.2, 0) is 0 Å². The molecule has 0 aromatic heterocycles. The zero-order chi connectivity index (χ0) is 9.26. The highest BCUT2D eigenvalue weighted by atomic mass is 14.9. The molecule has 0 spiro atoms. The van der Waals surface area contributed by atoms with Crippen molar-refractivity contribution in [2.75, 3.05) is 6.54 Å². The van der Waals surface area contributed by atoms with Gasteiger partial charge in [0.1, 0.15) is 0 Å². The van der Waals surface area contributed by atoms with Crippen LogP contribution in [0.2, 0.25) is 0 Å². The second-order valence-electron chi connectivity index (χ2n) is 5.21. The lowest BCUT2D eigenvalue weighted by molar-refractivity contribution is 0.374. The fourth-order valence-electron chi connectivity index (χ4n) is 2.64. The minimum absolute atomic E-state index is 0.773. The van der Waals surface area contributed by atoms with Crippen LogP contribution in [0.15, 0.2) is 0 Å². The van der Waals surface area contributed by atoms with Gasteiger partial charge in [0.15, 0.2) is 0 Å². The molecule has 2 rings (SSSR count). The number of rotatable bonds is 4. The monoisotopic (exact) mass is 181 g/mol. The third-order valence-electron chi connectivity index (χ3n) is 4.09. The molecule has 13 heavy (non-hydrogen) atoms. The van der Waals surface area contributed by atoms with Gasteiger partial charge in [0.05, 0.1) is 0 Å². The molecule has 2 fully saturated rings. The summed E-state index contributed by atoms with van der Waals surface area (Å²) in [5.74, 6) is 2.99. The average Bonchev–Trinajstić information content (AvgIpc) is 2.67. The lowest BCUT2D eigenvalue weighted by Gasteiger charge is -2.20. The van der Waals surface area contributed by atoms with Crippen LogP contribution < -0.4 is 5.32 Å². The molecule has 2 aliphatic carbocycles. The summed E-state index contributed by atoms with van der Waals surface area (Å²) < 4.78 is 0. The Balaban J connectivity index is 1.63. The molecular formula is C12H23N. The van der Waals surface area contributed by atoms with E-state index in [4.69, 9.17) is 0 Å². The van der Waals surface area contributed by atoms with E-state index in [1.807, 2.05) is 0 Å². The van der Waals surface area contributed by atoms with Gasteiger partial charge < -0.3 is 5.32 Å². The van der Waals surface area contributed by atoms with Gasteiger partial charge in [0.25, 0.3) is 0 Å². The Bertz CT molecular complexity index is 161. The van der Waals surface area contributed by atoms with Gasteiger partial charge in [-0.2, -0.15) is 0 Å². The van der Waals surface area contributed by atoms with Crippen molar-refractivity contribution in [1.29, 1.82) is 0 Å². The van der Waals surface area contributed by atoms with Crippen LogP contribution in [-0.4, -0.2) is 12.6 Å². The average molecular weight is 181 g/mol. The van der Waals surface area contributed by atoms with Crippen molar-refractivity contribution in [2.24, 2.45) is 17.8 Å². The fraction of sp³-hybridized carbons (Fsp3) is 1.00. The van der Waals surface area contributed by atoms with Crippen molar-refractivity contribution in [3.05, 3.63) is 0 Å². The summed E-state index contributed by atoms with van der Waals surface area (Å²) in [5, 5.41) is 3.72. The summed E-state index contributed by atoms with van der Waals surface area (Å²) in [5.41, 5.74) is 0. The van der Waals surface area contributed by atoms with E-state index in [2.05, 4.69) is 19.2 Å². The first-order chi connectivity index (χ1) is 6.27. The largest absolute Gasteiger partial charge is 0.314 e. The lowest BCUT2D eigenvalue weighted by atomic mass is 10.00. The topological polar surface area (TPSA) is 12.0 Å². The second kappa shape index (κ2) is 4.00. The fourth-order valence-corrected chi connectivity index (χ4v) is 2.64. The van der Waals surface area contributed by atoms with Crippen LogP contribution in [0.3, 0.4) is 0 Å². The third kappa shape index (κ3) is 2.46. The zero-order valence-corrected chi connectivity index (χ0v) is 9.05. The van der Waals surface area contributed by atoms with E-state index in [0.29, 0.717) is 0 Å². The summed E-state index contributed by atoms with van der Waals surface area (Å²) in [7, 11) is 0. The maximum absolute atomic E-state index is 3.72. The summed E-state index contributed by atoms with van der Waals surface area (Å²) in [4.78, 5) is 0. The second-order valence-corrected chi connectivity index (χ2v) is 5.21. The highest BCUT2D eigenvalue weighted by Gasteiger charge is 2.32. The van der Waals surface area contributed by atoms with Crippen molar-refractivity contribution in [3.8, 4) is 0 Å². The highest BCUT2D eigenvalue weighted by molar-refractivity contribution is 4.86. The zero-order valence-electron chi connectivity index (χ0n) is 9.05. The minimum Gasteiger partial charge on any atom is -0.314 e. The smallest absolute Gasteiger partial charge is 0.00671 e. The van der Waals surface area contributed by atoms with Crippen LogP contribution in [0.5, 0.6) is 0 Å². The van der Waals surface area contributed by atoms with E-state index < -0.39 is 0 Å². The van der Waals surface area contributed by atoms with Crippen molar-refractivity contribution in [3.63, 3.8) is 0 Å². The predicted molar refractivity (Wildman–Crippen MR) is 56.7 cm³/mol. The van der Waals surface area contributed by atoms with Gasteiger partial charge in [0.2, 0.25) is 0 Å². The van der Waals surface area contributed by atoms with Crippen LogP contribution in [0, 0.1) is 17.8 Å². The van der Waals surface area contributed by atoms with E-state index >= 15 is 0 Å². The van der Waals surface area contributed by atoms with Gasteiger partial charge in [-0.1, -0.05) is 19.8 Å². The van der Waals surface area contributed by atoms with Gasteiger partial charge in [-0.05, 0) is 50.5 Å². The summed E-state index contributed by atoms with van der Waals surface area (Å²) in [6, 6.07) is 0.773. The summed E-state index contributed by atoms with van der Waals surface area (Å²) in [6.07, 6.45) is 7.33. The normalized spacial score (nSPS) is 36.5. The molecule has 0 aliphatic heterocycles. The highest BCUT2D eigenvalue weighted by Crippen LogP contribution is 2.37. The number of hydrogen-bond acceptors (Lipinski definition) is 1. The Labute approximate surface area is 82.3 Å². The Hall–Kier alpha value is -0.0400. The van der Waals surface area contributed by atoms with Crippen molar-refractivity contribution in [2.45, 2.75) is 52.0 Å². The molecule has 3 atom stereocenters. The van der Waals surface area contributed by atoms with Gasteiger partial charge in [-0.15, -0.1) is 0 Å². The van der Waals surface area contributed by atoms with Gasteiger partial charge in [0, 0.05) is 6.04 Å². The van der Waals surface area contributed by atoms with Crippen molar-refractivity contribution >= 4 is 0 Å². The lowest BCUT2D eigenvalue weighted by Crippen LogP contribution is -2.33. The summed E-state index contributed by atoms with van der Waals surface area (Å²) in [6.45, 7) is 6.02. The summed E-state index contributed by atoms with van der Waals surface area (Å²) >= 11 is 0. The molecule has 0 saturated heterocycles. The molecule has 2 saturated carbocycles. The molecule has 0 aromatic carbocycles. The van der Waals surface area contributed by atoms with Crippen LogP contribution in [0.25, 0.3) is 0 Å². The maximum Gasteiger partial charge on any atom is 0.00671 e. The SMILES string of the molecule is CC1CC1CNC(C)C1CCCC1. The molecule has 1 N–H and O–H groups in total. The quantitative estimate of drug-likeness (QED) is 0.703. The molecule has 0 radical (unpaired) electrons. The van der Waals surface area contributed by atoms with E-state index in [-0.39, 0.29) is 0 Å². The van der Waals surface area contributed by atoms with Crippen LogP contribution in [0.1, 0.15) is 46.0 Å². The standard InChI is InChI=1S/C12H23N/c1-9-7-12(9)8-13-10(2)11-5-3-4-6-11/h9-13H,3-8H2,1-2H3. The van der Waals surface area contributed by atoms with Crippen molar-refractivity contribution in [1.82, 2.24) is 5.32 Å². The van der Waals surface area contributed by atoms with E-state index in [9.17, 15) is 0 Å². The molecular weight excluding hydrogens is 158 g/mol. The van der Waals surface area contributed by atoms with Gasteiger partial charge in [-0.25, -0.2) is 0 Å². The first kappa shape index (κ1) is 9.51. The van der Waals surface area contributed by atoms with Crippen LogP contribution in [0.4, 0.5) is 0 Å². The van der Waals surface area contributed by atoms with Gasteiger partial charge >= 0.3 is 0 Å². The molecule has 0 bridgehead atoms. The molecule has 2 aliphatic rings. The molecule has 0 aromatic rings. The van der Waals surface area contributed by atoms with E-state index in [1.54, 1.807) is 0 Å². The minimum atomic E-state index is 0.773. The maximum atomic E-state index is 3.72. The molecule has 0 amide bonds. The molecule has 1 nitrogen and oxygen atoms in total. The molecule has 76 valence electrons. The first-order valence-corrected chi connectivity index (χ1v) is 6.00. The first-order valence-electron chi connectivity index (χ1n) is 6.00.